The maximum absolute atomic E-state index is 13.6. The van der Waals surface area contributed by atoms with E-state index >= 15 is 0 Å². The number of carbonyl (C=O) groups excluding carboxylic acids is 2. The maximum Gasteiger partial charge on any atom is 0.329 e. The standard InChI is InChI=1S/C24H29N3O2/c1-19-12-14-26(15-13-19)18-27-22(28)24(25-23(27)29,16-20-8-4-2-5-9-20)17-21-10-6-3-7-11-21/h2-11,19H,12-18H2,1H3,(H,25,29)/p+1. The Morgan fingerprint density at radius 2 is 1.45 bits per heavy atom. The Hall–Kier alpha value is -2.66. The van der Waals surface area contributed by atoms with Crippen LogP contribution < -0.4 is 10.2 Å². The van der Waals surface area contributed by atoms with Crippen molar-refractivity contribution in [2.45, 2.75) is 38.1 Å². The molecule has 2 aromatic carbocycles. The van der Waals surface area contributed by atoms with Crippen LogP contribution in [0.5, 0.6) is 0 Å². The summed E-state index contributed by atoms with van der Waals surface area (Å²) < 4.78 is 0. The molecule has 2 aromatic rings. The summed E-state index contributed by atoms with van der Waals surface area (Å²) in [6.45, 7) is 4.77. The molecule has 0 saturated carbocycles. The number of rotatable bonds is 6. The Morgan fingerprint density at radius 1 is 0.931 bits per heavy atom. The molecule has 0 atom stereocenters. The highest BCUT2D eigenvalue weighted by atomic mass is 16.2. The van der Waals surface area contributed by atoms with Crippen molar-refractivity contribution in [3.63, 3.8) is 0 Å². The average molecular weight is 393 g/mol. The van der Waals surface area contributed by atoms with Crippen molar-refractivity contribution in [3.05, 3.63) is 71.8 Å². The Labute approximate surface area is 172 Å². The lowest BCUT2D eigenvalue weighted by molar-refractivity contribution is -0.913. The summed E-state index contributed by atoms with van der Waals surface area (Å²) in [6, 6.07) is 19.7. The summed E-state index contributed by atoms with van der Waals surface area (Å²) in [4.78, 5) is 29.3. The van der Waals surface area contributed by atoms with Gasteiger partial charge < -0.3 is 10.2 Å². The number of imide groups is 1. The summed E-state index contributed by atoms with van der Waals surface area (Å²) >= 11 is 0. The van der Waals surface area contributed by atoms with Gasteiger partial charge in [0.05, 0.1) is 13.1 Å². The first-order valence-electron chi connectivity index (χ1n) is 10.6. The molecule has 0 unspecified atom stereocenters. The molecule has 0 spiro atoms. The highest BCUT2D eigenvalue weighted by molar-refractivity contribution is 6.07. The van der Waals surface area contributed by atoms with E-state index in [2.05, 4.69) is 12.2 Å². The molecule has 0 aliphatic carbocycles. The fourth-order valence-corrected chi connectivity index (χ4v) is 4.56. The third-order valence-electron chi connectivity index (χ3n) is 6.31. The zero-order chi connectivity index (χ0) is 20.3. The van der Waals surface area contributed by atoms with Gasteiger partial charge in [0.25, 0.3) is 5.91 Å². The monoisotopic (exact) mass is 392 g/mol. The number of urea groups is 1. The number of quaternary nitrogens is 1. The fraction of sp³-hybridized carbons (Fsp3) is 0.417. The molecule has 0 radical (unpaired) electrons. The van der Waals surface area contributed by atoms with E-state index in [1.165, 1.54) is 9.80 Å². The molecule has 0 bridgehead atoms. The minimum Gasteiger partial charge on any atom is -0.322 e. The zero-order valence-corrected chi connectivity index (χ0v) is 17.1. The van der Waals surface area contributed by atoms with Crippen LogP contribution in [0.2, 0.25) is 0 Å². The van der Waals surface area contributed by atoms with Crippen LogP contribution in [0.15, 0.2) is 60.7 Å². The van der Waals surface area contributed by atoms with E-state index in [1.807, 2.05) is 60.7 Å². The molecule has 152 valence electrons. The Balaban J connectivity index is 1.58. The molecule has 2 heterocycles. The van der Waals surface area contributed by atoms with Crippen LogP contribution in [0.1, 0.15) is 30.9 Å². The van der Waals surface area contributed by atoms with Gasteiger partial charge in [-0.3, -0.25) is 4.79 Å². The van der Waals surface area contributed by atoms with E-state index in [0.717, 1.165) is 43.0 Å². The van der Waals surface area contributed by atoms with Crippen LogP contribution in [0.3, 0.4) is 0 Å². The average Bonchev–Trinajstić information content (AvgIpc) is 2.95. The third-order valence-corrected chi connectivity index (χ3v) is 6.31. The van der Waals surface area contributed by atoms with E-state index in [1.54, 1.807) is 0 Å². The first-order valence-corrected chi connectivity index (χ1v) is 10.6. The number of hydrogen-bond donors (Lipinski definition) is 2. The zero-order valence-electron chi connectivity index (χ0n) is 17.1. The topological polar surface area (TPSA) is 53.9 Å². The normalized spacial score (nSPS) is 23.8. The van der Waals surface area contributed by atoms with Crippen molar-refractivity contribution >= 4 is 11.9 Å². The van der Waals surface area contributed by atoms with E-state index in [4.69, 9.17) is 0 Å². The van der Waals surface area contributed by atoms with Crippen LogP contribution >= 0.6 is 0 Å². The van der Waals surface area contributed by atoms with Crippen molar-refractivity contribution in [1.82, 2.24) is 10.2 Å². The molecule has 2 saturated heterocycles. The molecule has 0 aromatic heterocycles. The van der Waals surface area contributed by atoms with Crippen LogP contribution in [-0.4, -0.2) is 42.1 Å². The van der Waals surface area contributed by atoms with Crippen molar-refractivity contribution in [2.75, 3.05) is 19.8 Å². The minimum atomic E-state index is -0.928. The number of piperidine rings is 1. The number of nitrogens with one attached hydrogen (secondary N) is 2. The number of amides is 3. The van der Waals surface area contributed by atoms with E-state index in [9.17, 15) is 9.59 Å². The minimum absolute atomic E-state index is 0.0960. The molecule has 2 fully saturated rings. The lowest BCUT2D eigenvalue weighted by Gasteiger charge is -2.30. The van der Waals surface area contributed by atoms with Gasteiger partial charge in [-0.15, -0.1) is 0 Å². The quantitative estimate of drug-likeness (QED) is 0.739. The highest BCUT2D eigenvalue weighted by Crippen LogP contribution is 2.27. The van der Waals surface area contributed by atoms with E-state index in [0.29, 0.717) is 19.5 Å². The molecule has 29 heavy (non-hydrogen) atoms. The fourth-order valence-electron chi connectivity index (χ4n) is 4.56. The Morgan fingerprint density at radius 3 is 1.97 bits per heavy atom. The van der Waals surface area contributed by atoms with Gasteiger partial charge in [0.15, 0.2) is 6.67 Å². The number of hydrogen-bond acceptors (Lipinski definition) is 2. The predicted molar refractivity (Wildman–Crippen MR) is 112 cm³/mol. The molecule has 2 aliphatic heterocycles. The van der Waals surface area contributed by atoms with Gasteiger partial charge in [-0.1, -0.05) is 67.6 Å². The highest BCUT2D eigenvalue weighted by Gasteiger charge is 2.52. The SMILES string of the molecule is CC1CC[NH+](CN2C(=O)NC(Cc3ccccc3)(Cc3ccccc3)C2=O)CC1. The number of carbonyl (C=O) groups is 2. The molecular weight excluding hydrogens is 362 g/mol. The van der Waals surface area contributed by atoms with Gasteiger partial charge >= 0.3 is 6.03 Å². The maximum atomic E-state index is 13.6. The van der Waals surface area contributed by atoms with E-state index < -0.39 is 5.54 Å². The first-order chi connectivity index (χ1) is 14.1. The van der Waals surface area contributed by atoms with Gasteiger partial charge in [0, 0.05) is 12.8 Å². The largest absolute Gasteiger partial charge is 0.329 e. The summed E-state index contributed by atoms with van der Waals surface area (Å²) in [5.74, 6) is 0.637. The first kappa shape index (κ1) is 19.6. The van der Waals surface area contributed by atoms with Gasteiger partial charge in [0.2, 0.25) is 0 Å². The van der Waals surface area contributed by atoms with Crippen molar-refractivity contribution < 1.29 is 14.5 Å². The Kier molecular flexibility index (Phi) is 5.67. The van der Waals surface area contributed by atoms with Crippen LogP contribution in [0.25, 0.3) is 0 Å². The molecular formula is C24H30N3O2+. The predicted octanol–water partition coefficient (Wildman–Crippen LogP) is 2.03. The van der Waals surface area contributed by atoms with Crippen molar-refractivity contribution in [1.29, 1.82) is 0 Å². The molecule has 3 amide bonds. The van der Waals surface area contributed by atoms with Crippen molar-refractivity contribution in [3.8, 4) is 0 Å². The third kappa shape index (κ3) is 4.35. The molecule has 5 heteroatoms. The second-order valence-corrected chi connectivity index (χ2v) is 8.66. The van der Waals surface area contributed by atoms with Gasteiger partial charge in [-0.05, 0) is 29.9 Å². The second-order valence-electron chi connectivity index (χ2n) is 8.66. The van der Waals surface area contributed by atoms with Crippen LogP contribution in [-0.2, 0) is 17.6 Å². The Bertz CT molecular complexity index is 803. The number of likely N-dealkylation sites (tertiary alicyclic amines) is 1. The second kappa shape index (κ2) is 8.37. The van der Waals surface area contributed by atoms with Gasteiger partial charge in [0.1, 0.15) is 5.54 Å². The smallest absolute Gasteiger partial charge is 0.322 e. The molecule has 4 rings (SSSR count). The summed E-state index contributed by atoms with van der Waals surface area (Å²) in [5, 5.41) is 3.09. The molecule has 5 nitrogen and oxygen atoms in total. The van der Waals surface area contributed by atoms with Gasteiger partial charge in [-0.25, -0.2) is 9.69 Å². The lowest BCUT2D eigenvalue weighted by atomic mass is 9.84. The lowest BCUT2D eigenvalue weighted by Crippen LogP contribution is -3.14. The molecule has 2 aliphatic rings. The summed E-state index contributed by atoms with van der Waals surface area (Å²) in [7, 11) is 0. The number of benzene rings is 2. The molecule has 2 N–H and O–H groups in total. The summed E-state index contributed by atoms with van der Waals surface area (Å²) in [6.07, 6.45) is 3.29. The van der Waals surface area contributed by atoms with Crippen molar-refractivity contribution in [2.24, 2.45) is 5.92 Å². The van der Waals surface area contributed by atoms with Crippen LogP contribution in [0.4, 0.5) is 4.79 Å². The summed E-state index contributed by atoms with van der Waals surface area (Å²) in [5.41, 5.74) is 1.18. The van der Waals surface area contributed by atoms with Crippen LogP contribution in [0, 0.1) is 5.92 Å². The van der Waals surface area contributed by atoms with Gasteiger partial charge in [-0.2, -0.15) is 0 Å². The number of nitrogens with zero attached hydrogens (tertiary/aromatic N) is 1. The van der Waals surface area contributed by atoms with E-state index in [-0.39, 0.29) is 11.9 Å².